The molecule has 0 saturated carbocycles. The number of hydrogen-bond donors (Lipinski definition) is 0. The van der Waals surface area contributed by atoms with Crippen LogP contribution < -0.4 is 0 Å². The second-order valence-corrected chi connectivity index (χ2v) is 7.70. The van der Waals surface area contributed by atoms with Gasteiger partial charge in [0, 0.05) is 32.1 Å². The molecule has 1 atom stereocenters. The molecule has 1 aliphatic heterocycles. The molecule has 1 rings (SSSR count). The van der Waals surface area contributed by atoms with E-state index >= 15 is 0 Å². The van der Waals surface area contributed by atoms with Gasteiger partial charge in [-0.3, -0.25) is 0 Å². The zero-order chi connectivity index (χ0) is 14.5. The third kappa shape index (κ3) is 4.86. The van der Waals surface area contributed by atoms with Crippen molar-refractivity contribution in [2.45, 2.75) is 31.7 Å². The van der Waals surface area contributed by atoms with Crippen LogP contribution in [0.5, 0.6) is 0 Å². The van der Waals surface area contributed by atoms with Gasteiger partial charge in [-0.05, 0) is 39.9 Å². The van der Waals surface area contributed by atoms with Gasteiger partial charge in [0.25, 0.3) is 10.2 Å². The van der Waals surface area contributed by atoms with Crippen LogP contribution in [-0.4, -0.2) is 74.6 Å². The zero-order valence-corrected chi connectivity index (χ0v) is 13.8. The lowest BCUT2D eigenvalue weighted by Gasteiger charge is -2.36. The van der Waals surface area contributed by atoms with Gasteiger partial charge in [-0.2, -0.15) is 17.0 Å². The number of halogens is 1. The van der Waals surface area contributed by atoms with Gasteiger partial charge in [-0.25, -0.2) is 0 Å². The van der Waals surface area contributed by atoms with Gasteiger partial charge in [0.1, 0.15) is 0 Å². The molecule has 0 N–H and O–H groups in total. The zero-order valence-electron chi connectivity index (χ0n) is 12.2. The Hall–Kier alpha value is 0.120. The van der Waals surface area contributed by atoms with Crippen molar-refractivity contribution in [1.82, 2.24) is 13.5 Å². The van der Waals surface area contributed by atoms with E-state index in [-0.39, 0.29) is 6.04 Å². The van der Waals surface area contributed by atoms with Gasteiger partial charge >= 0.3 is 0 Å². The molecule has 0 radical (unpaired) electrons. The Labute approximate surface area is 122 Å². The Balaban J connectivity index is 2.61. The molecular weight excluding hydrogens is 286 g/mol. The van der Waals surface area contributed by atoms with Gasteiger partial charge in [0.05, 0.1) is 0 Å². The monoisotopic (exact) mass is 311 g/mol. The fraction of sp³-hybridized carbons (Fsp3) is 1.00. The van der Waals surface area contributed by atoms with Crippen molar-refractivity contribution in [2.75, 3.05) is 46.7 Å². The highest BCUT2D eigenvalue weighted by molar-refractivity contribution is 7.86. The predicted molar refractivity (Wildman–Crippen MR) is 79.8 cm³/mol. The molecular formula is C12H26ClN3O2S. The van der Waals surface area contributed by atoms with Crippen molar-refractivity contribution in [2.24, 2.45) is 0 Å². The van der Waals surface area contributed by atoms with Gasteiger partial charge in [-0.15, -0.1) is 11.6 Å². The van der Waals surface area contributed by atoms with Crippen LogP contribution in [0.1, 0.15) is 25.7 Å². The topological polar surface area (TPSA) is 43.9 Å². The average molecular weight is 312 g/mol. The van der Waals surface area contributed by atoms with E-state index in [4.69, 9.17) is 11.6 Å². The first-order valence-corrected chi connectivity index (χ1v) is 8.76. The summed E-state index contributed by atoms with van der Waals surface area (Å²) < 4.78 is 28.1. The minimum Gasteiger partial charge on any atom is -0.309 e. The maximum Gasteiger partial charge on any atom is 0.282 e. The summed E-state index contributed by atoms with van der Waals surface area (Å²) in [7, 11) is 2.28. The lowest BCUT2D eigenvalue weighted by atomic mass is 10.1. The van der Waals surface area contributed by atoms with Crippen LogP contribution in [0.15, 0.2) is 0 Å². The second-order valence-electron chi connectivity index (χ2n) is 5.40. The third-order valence-corrected chi connectivity index (χ3v) is 5.92. The molecule has 1 aliphatic rings. The van der Waals surface area contributed by atoms with Crippen LogP contribution >= 0.6 is 11.6 Å². The Morgan fingerprint density at radius 3 is 2.47 bits per heavy atom. The van der Waals surface area contributed by atoms with Crippen LogP contribution in [0.2, 0.25) is 0 Å². The average Bonchev–Trinajstić information content (AvgIpc) is 2.38. The van der Waals surface area contributed by atoms with Crippen molar-refractivity contribution in [1.29, 1.82) is 0 Å². The van der Waals surface area contributed by atoms with E-state index in [0.29, 0.717) is 19.0 Å². The molecule has 0 aliphatic carbocycles. The Morgan fingerprint density at radius 1 is 1.21 bits per heavy atom. The first-order chi connectivity index (χ1) is 8.89. The van der Waals surface area contributed by atoms with E-state index in [0.717, 1.165) is 32.2 Å². The van der Waals surface area contributed by atoms with E-state index in [1.54, 1.807) is 11.4 Å². The maximum absolute atomic E-state index is 12.5. The second kappa shape index (κ2) is 7.78. The third-order valence-electron chi connectivity index (χ3n) is 3.52. The Morgan fingerprint density at radius 2 is 1.89 bits per heavy atom. The molecule has 1 saturated heterocycles. The number of piperidine rings is 1. The minimum absolute atomic E-state index is 0.0447. The van der Waals surface area contributed by atoms with Gasteiger partial charge in [-0.1, -0.05) is 6.42 Å². The van der Waals surface area contributed by atoms with E-state index in [9.17, 15) is 8.42 Å². The van der Waals surface area contributed by atoms with Gasteiger partial charge < -0.3 is 4.90 Å². The molecule has 1 unspecified atom stereocenters. The van der Waals surface area contributed by atoms with Crippen LogP contribution in [-0.2, 0) is 10.2 Å². The number of rotatable bonds is 7. The van der Waals surface area contributed by atoms with Crippen LogP contribution in [0.25, 0.3) is 0 Å². The Kier molecular flexibility index (Phi) is 7.04. The van der Waals surface area contributed by atoms with Crippen LogP contribution in [0.4, 0.5) is 0 Å². The predicted octanol–water partition coefficient (Wildman–Crippen LogP) is 1.21. The van der Waals surface area contributed by atoms with E-state index in [2.05, 4.69) is 4.90 Å². The highest BCUT2D eigenvalue weighted by Gasteiger charge is 2.34. The fourth-order valence-corrected chi connectivity index (χ4v) is 4.37. The summed E-state index contributed by atoms with van der Waals surface area (Å²) >= 11 is 5.90. The SMILES string of the molecule is CN(C)CCCN(C)S(=O)(=O)N1CCCCC1CCl. The van der Waals surface area contributed by atoms with Gasteiger partial charge in [0.15, 0.2) is 0 Å². The van der Waals surface area contributed by atoms with Crippen molar-refractivity contribution in [3.05, 3.63) is 0 Å². The summed E-state index contributed by atoms with van der Waals surface area (Å²) in [5.74, 6) is 0.380. The van der Waals surface area contributed by atoms with Crippen molar-refractivity contribution >= 4 is 21.8 Å². The Bertz CT molecular complexity index is 362. The first kappa shape index (κ1) is 17.2. The van der Waals surface area contributed by atoms with E-state index < -0.39 is 10.2 Å². The van der Waals surface area contributed by atoms with E-state index in [1.807, 2.05) is 14.1 Å². The smallest absolute Gasteiger partial charge is 0.282 e. The number of alkyl halides is 1. The fourth-order valence-electron chi connectivity index (χ4n) is 2.34. The summed E-state index contributed by atoms with van der Waals surface area (Å²) in [6.07, 6.45) is 3.70. The summed E-state index contributed by atoms with van der Waals surface area (Å²) in [6, 6.07) is -0.0447. The molecule has 114 valence electrons. The lowest BCUT2D eigenvalue weighted by molar-refractivity contribution is 0.250. The number of hydrogen-bond acceptors (Lipinski definition) is 3. The molecule has 7 heteroatoms. The van der Waals surface area contributed by atoms with Crippen molar-refractivity contribution in [3.8, 4) is 0 Å². The number of nitrogens with zero attached hydrogens (tertiary/aromatic N) is 3. The van der Waals surface area contributed by atoms with Crippen LogP contribution in [0.3, 0.4) is 0 Å². The molecule has 1 fully saturated rings. The van der Waals surface area contributed by atoms with Crippen LogP contribution in [0, 0.1) is 0 Å². The summed E-state index contributed by atoms with van der Waals surface area (Å²) in [5, 5.41) is 0. The summed E-state index contributed by atoms with van der Waals surface area (Å²) in [4.78, 5) is 2.06. The molecule has 0 spiro atoms. The molecule has 5 nitrogen and oxygen atoms in total. The highest BCUT2D eigenvalue weighted by Crippen LogP contribution is 2.23. The standard InChI is InChI=1S/C12H26ClN3O2S/c1-14(2)8-6-9-15(3)19(17,18)16-10-5-4-7-12(16)11-13/h12H,4-11H2,1-3H3. The van der Waals surface area contributed by atoms with Gasteiger partial charge in [0.2, 0.25) is 0 Å². The maximum atomic E-state index is 12.5. The molecule has 0 amide bonds. The quantitative estimate of drug-likeness (QED) is 0.664. The molecule has 19 heavy (non-hydrogen) atoms. The minimum atomic E-state index is -3.36. The van der Waals surface area contributed by atoms with Crippen molar-refractivity contribution < 1.29 is 8.42 Å². The summed E-state index contributed by atoms with van der Waals surface area (Å²) in [5.41, 5.74) is 0. The lowest BCUT2D eigenvalue weighted by Crippen LogP contribution is -2.50. The normalized spacial score (nSPS) is 22.3. The van der Waals surface area contributed by atoms with E-state index in [1.165, 1.54) is 4.31 Å². The highest BCUT2D eigenvalue weighted by atomic mass is 35.5. The summed E-state index contributed by atoms with van der Waals surface area (Å²) in [6.45, 7) is 2.03. The first-order valence-electron chi connectivity index (χ1n) is 6.83. The largest absolute Gasteiger partial charge is 0.309 e. The van der Waals surface area contributed by atoms with Crippen molar-refractivity contribution in [3.63, 3.8) is 0 Å². The molecule has 0 aromatic carbocycles. The molecule has 0 aromatic rings. The molecule has 0 bridgehead atoms. The molecule has 1 heterocycles. The molecule has 0 aromatic heterocycles.